The van der Waals surface area contributed by atoms with E-state index in [1.54, 1.807) is 31.0 Å². The first-order chi connectivity index (χ1) is 19.8. The van der Waals surface area contributed by atoms with Gasteiger partial charge in [-0.3, -0.25) is 9.69 Å². The molecule has 0 unspecified atom stereocenters. The number of rotatable bonds is 11. The smallest absolute Gasteiger partial charge is 0.252 e. The Morgan fingerprint density at radius 3 is 2.44 bits per heavy atom. The number of nitrogens with zero attached hydrogens (tertiary/aromatic N) is 5. The van der Waals surface area contributed by atoms with Crippen LogP contribution in [0.1, 0.15) is 33.6 Å². The number of aromatic nitrogens is 5. The second-order valence-corrected chi connectivity index (χ2v) is 10.2. The Morgan fingerprint density at radius 2 is 1.68 bits per heavy atom. The number of nitrogens with one attached hydrogen (secondary N) is 1. The summed E-state index contributed by atoms with van der Waals surface area (Å²) in [6.07, 6.45) is 0.698. The van der Waals surface area contributed by atoms with Gasteiger partial charge in [-0.25, -0.2) is 9.07 Å². The number of tetrazole rings is 1. The lowest BCUT2D eigenvalue weighted by Crippen LogP contribution is -2.30. The molecule has 3 aromatic carbocycles. The normalized spacial score (nSPS) is 11.4. The Labute approximate surface area is 237 Å². The van der Waals surface area contributed by atoms with Crippen LogP contribution in [0, 0.1) is 19.7 Å². The third kappa shape index (κ3) is 6.60. The Balaban J connectivity index is 1.43. The maximum Gasteiger partial charge on any atom is 0.252 e. The molecule has 212 valence electrons. The predicted molar refractivity (Wildman–Crippen MR) is 155 cm³/mol. The van der Waals surface area contributed by atoms with Crippen LogP contribution >= 0.6 is 0 Å². The minimum absolute atomic E-state index is 0.121. The number of methoxy groups -OCH3 is 2. The summed E-state index contributed by atoms with van der Waals surface area (Å²) in [6, 6.07) is 18.2. The zero-order valence-corrected chi connectivity index (χ0v) is 23.6. The number of hydrogen-bond acceptors (Lipinski definition) is 7. The number of halogens is 1. The van der Waals surface area contributed by atoms with E-state index in [1.807, 2.05) is 37.3 Å². The van der Waals surface area contributed by atoms with Gasteiger partial charge >= 0.3 is 0 Å². The zero-order chi connectivity index (χ0) is 28.9. The topological polar surface area (TPSA) is 98.2 Å². The molecule has 0 saturated heterocycles. The van der Waals surface area contributed by atoms with E-state index in [0.717, 1.165) is 33.2 Å². The highest BCUT2D eigenvalue weighted by Crippen LogP contribution is 2.28. The van der Waals surface area contributed by atoms with E-state index in [4.69, 9.17) is 9.47 Å². The molecule has 9 nitrogen and oxygen atoms in total. The van der Waals surface area contributed by atoms with E-state index in [1.165, 1.54) is 12.1 Å². The van der Waals surface area contributed by atoms with Gasteiger partial charge in [0, 0.05) is 29.6 Å². The van der Waals surface area contributed by atoms with Crippen LogP contribution in [-0.4, -0.2) is 50.9 Å². The highest BCUT2D eigenvalue weighted by atomic mass is 19.1. The summed E-state index contributed by atoms with van der Waals surface area (Å²) < 4.78 is 26.0. The van der Waals surface area contributed by atoms with Gasteiger partial charge in [0.15, 0.2) is 17.3 Å². The van der Waals surface area contributed by atoms with E-state index in [9.17, 15) is 9.18 Å². The number of hydrogen-bond donors (Lipinski definition) is 1. The Hall–Kier alpha value is -4.57. The maximum absolute atomic E-state index is 13.4. The fourth-order valence-corrected chi connectivity index (χ4v) is 5.03. The van der Waals surface area contributed by atoms with E-state index in [2.05, 4.69) is 38.4 Å². The van der Waals surface area contributed by atoms with Crippen molar-refractivity contribution in [1.82, 2.24) is 30.1 Å². The van der Waals surface area contributed by atoms with Crippen molar-refractivity contribution in [2.45, 2.75) is 39.9 Å². The predicted octanol–water partition coefficient (Wildman–Crippen LogP) is 4.58. The third-order valence-corrected chi connectivity index (χ3v) is 7.16. The van der Waals surface area contributed by atoms with Crippen molar-refractivity contribution in [3.63, 3.8) is 0 Å². The van der Waals surface area contributed by atoms with Crippen molar-refractivity contribution in [2.75, 3.05) is 20.8 Å². The van der Waals surface area contributed by atoms with Crippen molar-refractivity contribution in [1.29, 1.82) is 0 Å². The van der Waals surface area contributed by atoms with Crippen molar-refractivity contribution in [3.05, 3.63) is 110 Å². The fraction of sp³-hybridized carbons (Fsp3) is 0.290. The fourth-order valence-electron chi connectivity index (χ4n) is 5.03. The van der Waals surface area contributed by atoms with Crippen LogP contribution in [0.3, 0.4) is 0 Å². The van der Waals surface area contributed by atoms with E-state index < -0.39 is 0 Å². The molecule has 2 heterocycles. The van der Waals surface area contributed by atoms with Gasteiger partial charge < -0.3 is 14.5 Å². The monoisotopic (exact) mass is 556 g/mol. The molecule has 0 amide bonds. The van der Waals surface area contributed by atoms with Crippen LogP contribution in [0.5, 0.6) is 11.5 Å². The molecule has 0 aliphatic heterocycles. The lowest BCUT2D eigenvalue weighted by atomic mass is 10.0. The highest BCUT2D eigenvalue weighted by Gasteiger charge is 2.17. The van der Waals surface area contributed by atoms with Gasteiger partial charge in [-0.15, -0.1) is 5.10 Å². The molecule has 0 aliphatic carbocycles. The molecular weight excluding hydrogens is 523 g/mol. The van der Waals surface area contributed by atoms with Crippen molar-refractivity contribution < 1.29 is 13.9 Å². The molecule has 1 N–H and O–H groups in total. The Bertz CT molecular complexity index is 1710. The van der Waals surface area contributed by atoms with E-state index in [0.29, 0.717) is 55.5 Å². The van der Waals surface area contributed by atoms with Crippen molar-refractivity contribution in [2.24, 2.45) is 0 Å². The molecule has 0 atom stereocenters. The molecule has 0 radical (unpaired) electrons. The SMILES string of the molecule is COc1ccc(CCN(Cc2cc3c(C)cc(C)cc3[nH]c2=O)Cc2nnnn2Cc2ccc(F)cc2)cc1OC. The van der Waals surface area contributed by atoms with E-state index >= 15 is 0 Å². The van der Waals surface area contributed by atoms with Crippen molar-refractivity contribution in [3.8, 4) is 11.5 Å². The molecule has 5 aromatic rings. The lowest BCUT2D eigenvalue weighted by Gasteiger charge is -2.22. The first-order valence-electron chi connectivity index (χ1n) is 13.4. The first kappa shape index (κ1) is 28.0. The van der Waals surface area contributed by atoms with Gasteiger partial charge in [-0.05, 0) is 89.3 Å². The molecule has 0 spiro atoms. The summed E-state index contributed by atoms with van der Waals surface area (Å²) in [5.41, 5.74) is 5.53. The summed E-state index contributed by atoms with van der Waals surface area (Å²) in [5, 5.41) is 13.4. The second-order valence-electron chi connectivity index (χ2n) is 10.2. The average Bonchev–Trinajstić information content (AvgIpc) is 3.39. The van der Waals surface area contributed by atoms with Gasteiger partial charge in [0.2, 0.25) is 0 Å². The molecule has 0 bridgehead atoms. The molecular formula is C31H33FN6O3. The molecule has 10 heteroatoms. The Kier molecular flexibility index (Phi) is 8.39. The van der Waals surface area contributed by atoms with Crippen LogP contribution in [0.2, 0.25) is 0 Å². The number of aryl methyl sites for hydroxylation is 2. The lowest BCUT2D eigenvalue weighted by molar-refractivity contribution is 0.247. The summed E-state index contributed by atoms with van der Waals surface area (Å²) >= 11 is 0. The summed E-state index contributed by atoms with van der Waals surface area (Å²) in [7, 11) is 3.23. The molecule has 0 fully saturated rings. The molecule has 2 aromatic heterocycles. The highest BCUT2D eigenvalue weighted by molar-refractivity contribution is 5.83. The van der Waals surface area contributed by atoms with Crippen LogP contribution in [-0.2, 0) is 26.1 Å². The number of H-pyrrole nitrogens is 1. The summed E-state index contributed by atoms with van der Waals surface area (Å²) in [6.45, 7) is 5.91. The summed E-state index contributed by atoms with van der Waals surface area (Å²) in [4.78, 5) is 18.4. The number of fused-ring (bicyclic) bond motifs is 1. The minimum atomic E-state index is -0.293. The molecule has 0 aliphatic rings. The number of aromatic amines is 1. The standard InChI is InChI=1S/C31H33FN6O3/c1-20-13-21(2)26-16-24(31(39)33-27(26)14-20)18-37(12-11-22-7-10-28(40-3)29(15-22)41-4)19-30-34-35-36-38(30)17-23-5-8-25(32)9-6-23/h5-10,13-16H,11-12,17-19H2,1-4H3,(H,33,39). The van der Waals surface area contributed by atoms with Crippen LogP contribution in [0.25, 0.3) is 10.9 Å². The van der Waals surface area contributed by atoms with Gasteiger partial charge in [0.1, 0.15) is 5.82 Å². The zero-order valence-electron chi connectivity index (χ0n) is 23.6. The molecule has 0 saturated carbocycles. The van der Waals surface area contributed by atoms with Gasteiger partial charge in [-0.2, -0.15) is 0 Å². The summed E-state index contributed by atoms with van der Waals surface area (Å²) in [5.74, 6) is 1.68. The quantitative estimate of drug-likeness (QED) is 0.254. The first-order valence-corrected chi connectivity index (χ1v) is 13.4. The molecule has 41 heavy (non-hydrogen) atoms. The number of benzene rings is 3. The average molecular weight is 557 g/mol. The maximum atomic E-state index is 13.4. The van der Waals surface area contributed by atoms with Gasteiger partial charge in [0.05, 0.1) is 27.3 Å². The molecule has 5 rings (SSSR count). The van der Waals surface area contributed by atoms with E-state index in [-0.39, 0.29) is 11.4 Å². The number of ether oxygens (including phenoxy) is 2. The largest absolute Gasteiger partial charge is 0.493 e. The van der Waals surface area contributed by atoms with Crippen LogP contribution < -0.4 is 15.0 Å². The van der Waals surface area contributed by atoms with Crippen LogP contribution in [0.4, 0.5) is 4.39 Å². The minimum Gasteiger partial charge on any atom is -0.493 e. The third-order valence-electron chi connectivity index (χ3n) is 7.16. The van der Waals surface area contributed by atoms with Gasteiger partial charge in [-0.1, -0.05) is 24.3 Å². The second kappa shape index (κ2) is 12.3. The Morgan fingerprint density at radius 1 is 0.927 bits per heavy atom. The van der Waals surface area contributed by atoms with Gasteiger partial charge in [0.25, 0.3) is 5.56 Å². The number of pyridine rings is 1. The van der Waals surface area contributed by atoms with Crippen molar-refractivity contribution >= 4 is 10.9 Å². The van der Waals surface area contributed by atoms with Crippen LogP contribution in [0.15, 0.2) is 65.5 Å².